The van der Waals surface area contributed by atoms with Crippen molar-refractivity contribution in [1.82, 2.24) is 0 Å². The molecule has 1 rings (SSSR count). The Labute approximate surface area is 85.6 Å². The highest BCUT2D eigenvalue weighted by molar-refractivity contribution is 5.96. The Bertz CT molecular complexity index is 387. The van der Waals surface area contributed by atoms with Crippen LogP contribution in [0, 0.1) is 6.92 Å². The van der Waals surface area contributed by atoms with E-state index in [1.165, 1.54) is 19.1 Å². The van der Waals surface area contributed by atoms with Gasteiger partial charge in [0.15, 0.2) is 0 Å². The molecule has 5 heteroatoms. The van der Waals surface area contributed by atoms with Crippen LogP contribution in [0.4, 0.5) is 0 Å². The summed E-state index contributed by atoms with van der Waals surface area (Å²) in [5.74, 6) is -2.41. The lowest BCUT2D eigenvalue weighted by atomic mass is 9.99. The van der Waals surface area contributed by atoms with Gasteiger partial charge in [0.25, 0.3) is 0 Å². The van der Waals surface area contributed by atoms with Crippen LogP contribution < -0.4 is 0 Å². The standard InChI is InChI=1S/C10H10O5/c1-5-7(9(12)13)2-6(4-11)3-8(5)10(14)15/h2-3,11H,4H2,1H3,(H,12,13)(H,14,15). The number of hydrogen-bond acceptors (Lipinski definition) is 3. The number of hydrogen-bond donors (Lipinski definition) is 3. The van der Waals surface area contributed by atoms with Crippen LogP contribution in [0.5, 0.6) is 0 Å². The number of rotatable bonds is 3. The molecule has 80 valence electrons. The van der Waals surface area contributed by atoms with Gasteiger partial charge in [-0.15, -0.1) is 0 Å². The van der Waals surface area contributed by atoms with E-state index in [0.29, 0.717) is 0 Å². The number of benzene rings is 1. The highest BCUT2D eigenvalue weighted by atomic mass is 16.4. The first-order chi connectivity index (χ1) is 6.97. The van der Waals surface area contributed by atoms with Gasteiger partial charge < -0.3 is 15.3 Å². The summed E-state index contributed by atoms with van der Waals surface area (Å²) >= 11 is 0. The molecule has 1 aromatic rings. The largest absolute Gasteiger partial charge is 0.478 e. The molecule has 0 amide bonds. The second-order valence-electron chi connectivity index (χ2n) is 3.08. The van der Waals surface area contributed by atoms with Crippen LogP contribution in [0.25, 0.3) is 0 Å². The van der Waals surface area contributed by atoms with Gasteiger partial charge >= 0.3 is 11.9 Å². The summed E-state index contributed by atoms with van der Waals surface area (Å²) in [5, 5.41) is 26.5. The molecule has 0 fully saturated rings. The third-order valence-corrected chi connectivity index (χ3v) is 2.11. The first kappa shape index (κ1) is 11.2. The van der Waals surface area contributed by atoms with Crippen molar-refractivity contribution in [2.45, 2.75) is 13.5 Å². The average molecular weight is 210 g/mol. The molecular weight excluding hydrogens is 200 g/mol. The van der Waals surface area contributed by atoms with Crippen molar-refractivity contribution in [3.63, 3.8) is 0 Å². The lowest BCUT2D eigenvalue weighted by Crippen LogP contribution is -2.08. The normalized spacial score (nSPS) is 10.0. The lowest BCUT2D eigenvalue weighted by Gasteiger charge is -2.07. The zero-order valence-corrected chi connectivity index (χ0v) is 8.02. The summed E-state index contributed by atoms with van der Waals surface area (Å²) in [6.45, 7) is 1.04. The molecule has 3 N–H and O–H groups in total. The van der Waals surface area contributed by atoms with Crippen molar-refractivity contribution in [2.24, 2.45) is 0 Å². The second-order valence-corrected chi connectivity index (χ2v) is 3.08. The number of aromatic carboxylic acids is 2. The summed E-state index contributed by atoms with van der Waals surface area (Å²) in [6.07, 6.45) is 0. The summed E-state index contributed by atoms with van der Waals surface area (Å²) in [5.41, 5.74) is 0.264. The van der Waals surface area contributed by atoms with Gasteiger partial charge in [-0.1, -0.05) is 0 Å². The monoisotopic (exact) mass is 210 g/mol. The average Bonchev–Trinajstić information content (AvgIpc) is 2.17. The third-order valence-electron chi connectivity index (χ3n) is 2.11. The minimum atomic E-state index is -1.20. The predicted octanol–water partition coefficient (Wildman–Crippen LogP) is 0.884. The fraction of sp³-hybridized carbons (Fsp3) is 0.200. The highest BCUT2D eigenvalue weighted by Crippen LogP contribution is 2.17. The Balaban J connectivity index is 3.47. The predicted molar refractivity (Wildman–Crippen MR) is 51.0 cm³/mol. The van der Waals surface area contributed by atoms with E-state index < -0.39 is 11.9 Å². The topological polar surface area (TPSA) is 94.8 Å². The molecule has 0 spiro atoms. The minimum absolute atomic E-state index is 0.0982. The van der Waals surface area contributed by atoms with Crippen LogP contribution in [0.15, 0.2) is 12.1 Å². The molecular formula is C10H10O5. The molecule has 0 aromatic heterocycles. The van der Waals surface area contributed by atoms with Crippen LogP contribution >= 0.6 is 0 Å². The van der Waals surface area contributed by atoms with Gasteiger partial charge in [0, 0.05) is 0 Å². The molecule has 0 saturated carbocycles. The number of carboxylic acid groups (broad SMARTS) is 2. The van der Waals surface area contributed by atoms with Crippen LogP contribution in [-0.4, -0.2) is 27.3 Å². The quantitative estimate of drug-likeness (QED) is 0.688. The van der Waals surface area contributed by atoms with Crippen molar-refractivity contribution < 1.29 is 24.9 Å². The molecule has 0 radical (unpaired) electrons. The van der Waals surface area contributed by atoms with Crippen molar-refractivity contribution >= 4 is 11.9 Å². The van der Waals surface area contributed by atoms with Crippen LogP contribution in [-0.2, 0) is 6.61 Å². The molecule has 0 unspecified atom stereocenters. The maximum atomic E-state index is 10.8. The zero-order chi connectivity index (χ0) is 11.6. The molecule has 0 aliphatic rings. The zero-order valence-electron chi connectivity index (χ0n) is 8.02. The summed E-state index contributed by atoms with van der Waals surface area (Å²) in [4.78, 5) is 21.6. The highest BCUT2D eigenvalue weighted by Gasteiger charge is 2.16. The molecule has 0 bridgehead atoms. The molecule has 1 aromatic carbocycles. The fourth-order valence-electron chi connectivity index (χ4n) is 1.31. The molecule has 0 aliphatic heterocycles. The van der Waals surface area contributed by atoms with Gasteiger partial charge in [-0.2, -0.15) is 0 Å². The van der Waals surface area contributed by atoms with E-state index in [0.717, 1.165) is 0 Å². The Morgan fingerprint density at radius 3 is 1.80 bits per heavy atom. The van der Waals surface area contributed by atoms with Crippen molar-refractivity contribution in [3.8, 4) is 0 Å². The Morgan fingerprint density at radius 2 is 1.53 bits per heavy atom. The Morgan fingerprint density at radius 1 is 1.13 bits per heavy atom. The first-order valence-corrected chi connectivity index (χ1v) is 4.18. The van der Waals surface area contributed by atoms with Crippen LogP contribution in [0.1, 0.15) is 31.8 Å². The maximum absolute atomic E-state index is 10.8. The molecule has 0 aliphatic carbocycles. The second kappa shape index (κ2) is 4.10. The molecule has 15 heavy (non-hydrogen) atoms. The van der Waals surface area contributed by atoms with Gasteiger partial charge in [0.05, 0.1) is 17.7 Å². The van der Waals surface area contributed by atoms with Gasteiger partial charge in [-0.05, 0) is 30.2 Å². The number of aliphatic hydroxyl groups is 1. The number of carbonyl (C=O) groups is 2. The third kappa shape index (κ3) is 2.13. The smallest absolute Gasteiger partial charge is 0.335 e. The summed E-state index contributed by atoms with van der Waals surface area (Å²) in [7, 11) is 0. The molecule has 5 nitrogen and oxygen atoms in total. The van der Waals surface area contributed by atoms with Crippen LogP contribution in [0.2, 0.25) is 0 Å². The Kier molecular flexibility index (Phi) is 3.06. The maximum Gasteiger partial charge on any atom is 0.335 e. The van der Waals surface area contributed by atoms with E-state index in [1.54, 1.807) is 0 Å². The van der Waals surface area contributed by atoms with Gasteiger partial charge in [-0.3, -0.25) is 0 Å². The van der Waals surface area contributed by atoms with E-state index in [1.807, 2.05) is 0 Å². The van der Waals surface area contributed by atoms with Crippen molar-refractivity contribution in [3.05, 3.63) is 34.4 Å². The molecule has 0 heterocycles. The van der Waals surface area contributed by atoms with E-state index in [-0.39, 0.29) is 28.9 Å². The van der Waals surface area contributed by atoms with E-state index in [9.17, 15) is 9.59 Å². The van der Waals surface area contributed by atoms with E-state index >= 15 is 0 Å². The van der Waals surface area contributed by atoms with E-state index in [2.05, 4.69) is 0 Å². The van der Waals surface area contributed by atoms with Crippen molar-refractivity contribution in [2.75, 3.05) is 0 Å². The Hall–Kier alpha value is -1.88. The lowest BCUT2D eigenvalue weighted by molar-refractivity contribution is 0.0696. The van der Waals surface area contributed by atoms with Crippen LogP contribution in [0.3, 0.4) is 0 Å². The van der Waals surface area contributed by atoms with Gasteiger partial charge in [-0.25, -0.2) is 9.59 Å². The minimum Gasteiger partial charge on any atom is -0.478 e. The number of aliphatic hydroxyl groups excluding tert-OH is 1. The van der Waals surface area contributed by atoms with Gasteiger partial charge in [0.2, 0.25) is 0 Å². The summed E-state index contributed by atoms with van der Waals surface area (Å²) in [6, 6.07) is 2.54. The van der Waals surface area contributed by atoms with E-state index in [4.69, 9.17) is 15.3 Å². The number of carboxylic acids is 2. The summed E-state index contributed by atoms with van der Waals surface area (Å²) < 4.78 is 0. The molecule has 0 atom stereocenters. The fourth-order valence-corrected chi connectivity index (χ4v) is 1.31. The van der Waals surface area contributed by atoms with Crippen molar-refractivity contribution in [1.29, 1.82) is 0 Å². The molecule has 0 saturated heterocycles. The van der Waals surface area contributed by atoms with Gasteiger partial charge in [0.1, 0.15) is 0 Å². The SMILES string of the molecule is Cc1c(C(=O)O)cc(CO)cc1C(=O)O. The first-order valence-electron chi connectivity index (χ1n) is 4.18.